The molecule has 0 aromatic carbocycles. The Hall–Kier alpha value is -2.36. The summed E-state index contributed by atoms with van der Waals surface area (Å²) in [6.45, 7) is 6.06. The molecule has 1 atom stereocenters. The standard InChI is InChI=1S/C28H45NO3/c1-4-5-6-7-8-9-10-11-12-13-14-15-16-17-18-19-20-21-22-23-27(30)29-26(28(31)32)24-25(2)3/h5-6,8-9,11-12,14-15,17-18,25-26H,4,7,10,13,16,19-24H2,1-3H3,(H,29,30)(H,31,32)/b6-5-,9-8-,12-11-,15-14-,18-17-/t26-/m0/s1. The number of rotatable bonds is 19. The van der Waals surface area contributed by atoms with E-state index >= 15 is 0 Å². The number of hydrogen-bond acceptors (Lipinski definition) is 2. The fraction of sp³-hybridized carbons (Fsp3) is 0.571. The molecule has 0 aromatic rings. The average molecular weight is 444 g/mol. The van der Waals surface area contributed by atoms with Crippen LogP contribution in [0.1, 0.15) is 91.4 Å². The van der Waals surface area contributed by atoms with Gasteiger partial charge in [-0.3, -0.25) is 4.79 Å². The molecule has 0 aliphatic heterocycles. The summed E-state index contributed by atoms with van der Waals surface area (Å²) >= 11 is 0. The van der Waals surface area contributed by atoms with Crippen LogP contribution in [0, 0.1) is 5.92 Å². The van der Waals surface area contributed by atoms with Crippen molar-refractivity contribution >= 4 is 11.9 Å². The van der Waals surface area contributed by atoms with E-state index < -0.39 is 12.0 Å². The Morgan fingerprint density at radius 3 is 1.72 bits per heavy atom. The Labute approximate surface area is 196 Å². The second-order valence-electron chi connectivity index (χ2n) is 8.40. The van der Waals surface area contributed by atoms with Gasteiger partial charge in [0, 0.05) is 6.42 Å². The Bertz CT molecular complexity index is 627. The van der Waals surface area contributed by atoms with Crippen LogP contribution in [-0.2, 0) is 9.59 Å². The second-order valence-corrected chi connectivity index (χ2v) is 8.40. The van der Waals surface area contributed by atoms with Crippen LogP contribution in [0.2, 0.25) is 0 Å². The molecule has 4 nitrogen and oxygen atoms in total. The van der Waals surface area contributed by atoms with E-state index in [2.05, 4.69) is 73.0 Å². The largest absolute Gasteiger partial charge is 0.480 e. The SMILES string of the molecule is CC/C=C\C/C=C\C/C=C\C/C=C\C/C=C\CCCCCC(=O)N[C@@H](CC(C)C)C(=O)O. The zero-order valence-corrected chi connectivity index (χ0v) is 20.5. The summed E-state index contributed by atoms with van der Waals surface area (Å²) in [5, 5.41) is 11.8. The van der Waals surface area contributed by atoms with Gasteiger partial charge in [0.15, 0.2) is 0 Å². The van der Waals surface area contributed by atoms with E-state index in [1.165, 1.54) is 0 Å². The first kappa shape index (κ1) is 29.6. The van der Waals surface area contributed by atoms with Gasteiger partial charge in [-0.15, -0.1) is 0 Å². The summed E-state index contributed by atoms with van der Waals surface area (Å²) in [6.07, 6.45) is 31.7. The maximum absolute atomic E-state index is 11.9. The first-order valence-corrected chi connectivity index (χ1v) is 12.2. The number of unbranched alkanes of at least 4 members (excludes halogenated alkanes) is 3. The lowest BCUT2D eigenvalue weighted by molar-refractivity contribution is -0.142. The molecule has 32 heavy (non-hydrogen) atoms. The topological polar surface area (TPSA) is 66.4 Å². The van der Waals surface area contributed by atoms with Crippen molar-refractivity contribution in [3.8, 4) is 0 Å². The Morgan fingerprint density at radius 2 is 1.25 bits per heavy atom. The number of aliphatic carboxylic acids is 1. The Morgan fingerprint density at radius 1 is 0.750 bits per heavy atom. The number of carbonyl (C=O) groups is 2. The molecule has 1 amide bonds. The minimum absolute atomic E-state index is 0.159. The molecule has 180 valence electrons. The molecule has 0 aliphatic carbocycles. The molecule has 2 N–H and O–H groups in total. The zero-order valence-electron chi connectivity index (χ0n) is 20.5. The van der Waals surface area contributed by atoms with Gasteiger partial charge >= 0.3 is 5.97 Å². The molecule has 0 heterocycles. The highest BCUT2D eigenvalue weighted by Crippen LogP contribution is 2.08. The molecule has 0 spiro atoms. The molecule has 0 aliphatic rings. The predicted octanol–water partition coefficient (Wildman–Crippen LogP) is 7.30. The van der Waals surface area contributed by atoms with Gasteiger partial charge in [-0.1, -0.05) is 88.0 Å². The molecule has 0 fully saturated rings. The van der Waals surface area contributed by atoms with E-state index in [1.54, 1.807) is 0 Å². The lowest BCUT2D eigenvalue weighted by atomic mass is 10.0. The highest BCUT2D eigenvalue weighted by molar-refractivity contribution is 5.83. The summed E-state index contributed by atoms with van der Waals surface area (Å²) in [6, 6.07) is -0.774. The van der Waals surface area contributed by atoms with Gasteiger partial charge in [0.1, 0.15) is 6.04 Å². The maximum Gasteiger partial charge on any atom is 0.326 e. The highest BCUT2D eigenvalue weighted by Gasteiger charge is 2.20. The smallest absolute Gasteiger partial charge is 0.326 e. The number of allylic oxidation sites excluding steroid dienone is 10. The van der Waals surface area contributed by atoms with Crippen molar-refractivity contribution in [2.24, 2.45) is 5.92 Å². The Balaban J connectivity index is 3.67. The van der Waals surface area contributed by atoms with Crippen LogP contribution in [0.25, 0.3) is 0 Å². The summed E-state index contributed by atoms with van der Waals surface area (Å²) in [5.41, 5.74) is 0. The average Bonchev–Trinajstić information content (AvgIpc) is 2.74. The zero-order chi connectivity index (χ0) is 23.9. The van der Waals surface area contributed by atoms with E-state index in [0.717, 1.165) is 57.8 Å². The van der Waals surface area contributed by atoms with E-state index in [4.69, 9.17) is 0 Å². The lowest BCUT2D eigenvalue weighted by Gasteiger charge is -2.16. The predicted molar refractivity (Wildman–Crippen MR) is 137 cm³/mol. The fourth-order valence-electron chi connectivity index (χ4n) is 3.05. The summed E-state index contributed by atoms with van der Waals surface area (Å²) in [7, 11) is 0. The van der Waals surface area contributed by atoms with Crippen LogP contribution in [-0.4, -0.2) is 23.0 Å². The van der Waals surface area contributed by atoms with Crippen LogP contribution in [0.5, 0.6) is 0 Å². The normalized spacial score (nSPS) is 13.5. The van der Waals surface area contributed by atoms with Crippen molar-refractivity contribution in [1.82, 2.24) is 5.32 Å². The molecule has 0 radical (unpaired) electrons. The van der Waals surface area contributed by atoms with Crippen molar-refractivity contribution in [2.75, 3.05) is 0 Å². The van der Waals surface area contributed by atoms with Gasteiger partial charge in [-0.25, -0.2) is 4.79 Å². The quantitative estimate of drug-likeness (QED) is 0.162. The van der Waals surface area contributed by atoms with E-state index in [0.29, 0.717) is 12.8 Å². The summed E-state index contributed by atoms with van der Waals surface area (Å²) < 4.78 is 0. The molecule has 0 unspecified atom stereocenters. The van der Waals surface area contributed by atoms with Crippen LogP contribution < -0.4 is 5.32 Å². The monoisotopic (exact) mass is 443 g/mol. The number of carbonyl (C=O) groups excluding carboxylic acids is 1. The maximum atomic E-state index is 11.9. The van der Waals surface area contributed by atoms with Crippen molar-refractivity contribution in [3.05, 3.63) is 60.8 Å². The van der Waals surface area contributed by atoms with Gasteiger partial charge in [-0.2, -0.15) is 0 Å². The van der Waals surface area contributed by atoms with Crippen LogP contribution in [0.4, 0.5) is 0 Å². The molecule has 4 heteroatoms. The van der Waals surface area contributed by atoms with Gasteiger partial charge in [0.2, 0.25) is 5.91 Å². The number of hydrogen-bond donors (Lipinski definition) is 2. The van der Waals surface area contributed by atoms with Gasteiger partial charge in [-0.05, 0) is 63.7 Å². The third-order valence-corrected chi connectivity index (χ3v) is 4.77. The minimum Gasteiger partial charge on any atom is -0.480 e. The van der Waals surface area contributed by atoms with Gasteiger partial charge < -0.3 is 10.4 Å². The van der Waals surface area contributed by atoms with E-state index in [9.17, 15) is 14.7 Å². The first-order valence-electron chi connectivity index (χ1n) is 12.2. The first-order chi connectivity index (χ1) is 15.5. The van der Waals surface area contributed by atoms with Gasteiger partial charge in [0.25, 0.3) is 0 Å². The van der Waals surface area contributed by atoms with E-state index in [1.807, 2.05) is 13.8 Å². The Kier molecular flexibility index (Phi) is 20.2. The third kappa shape index (κ3) is 20.9. The summed E-state index contributed by atoms with van der Waals surface area (Å²) in [5.74, 6) is -0.877. The number of nitrogens with one attached hydrogen (secondary N) is 1. The molecular weight excluding hydrogens is 398 g/mol. The van der Waals surface area contributed by atoms with Crippen molar-refractivity contribution < 1.29 is 14.7 Å². The second kappa shape index (κ2) is 21.9. The molecule has 0 saturated carbocycles. The summed E-state index contributed by atoms with van der Waals surface area (Å²) in [4.78, 5) is 23.1. The number of amides is 1. The third-order valence-electron chi connectivity index (χ3n) is 4.77. The molecule has 0 saturated heterocycles. The van der Waals surface area contributed by atoms with Crippen molar-refractivity contribution in [2.45, 2.75) is 97.4 Å². The number of carboxylic acids is 1. The highest BCUT2D eigenvalue weighted by atomic mass is 16.4. The van der Waals surface area contributed by atoms with Crippen molar-refractivity contribution in [1.29, 1.82) is 0 Å². The lowest BCUT2D eigenvalue weighted by Crippen LogP contribution is -2.41. The fourth-order valence-corrected chi connectivity index (χ4v) is 3.05. The molecular formula is C28H45NO3. The van der Waals surface area contributed by atoms with Gasteiger partial charge in [0.05, 0.1) is 0 Å². The van der Waals surface area contributed by atoms with Crippen LogP contribution in [0.15, 0.2) is 60.8 Å². The molecule has 0 aromatic heterocycles. The van der Waals surface area contributed by atoms with E-state index in [-0.39, 0.29) is 11.8 Å². The number of carboxylic acid groups (broad SMARTS) is 1. The molecule has 0 bridgehead atoms. The van der Waals surface area contributed by atoms with Crippen LogP contribution >= 0.6 is 0 Å². The molecule has 0 rings (SSSR count). The van der Waals surface area contributed by atoms with Crippen molar-refractivity contribution in [3.63, 3.8) is 0 Å². The minimum atomic E-state index is -0.953. The van der Waals surface area contributed by atoms with Crippen LogP contribution in [0.3, 0.4) is 0 Å².